The Labute approximate surface area is 345 Å². The van der Waals surface area contributed by atoms with Crippen LogP contribution in [-0.4, -0.2) is 108 Å². The molecule has 2 unspecified atom stereocenters. The zero-order valence-electron chi connectivity index (χ0n) is 31.2. The molecule has 1 amide bonds. The van der Waals surface area contributed by atoms with Gasteiger partial charge in [-0.1, -0.05) is 11.3 Å². The molecule has 0 saturated carbocycles. The number of nitrogen functional groups attached to an aromatic ring is 1. The molecule has 322 valence electrons. The Balaban J connectivity index is 0.821. The molecule has 1 spiro atoms. The Hall–Kier alpha value is -6.53. The Bertz CT molecular complexity index is 2940. The van der Waals surface area contributed by atoms with Crippen LogP contribution >= 0.6 is 15.4 Å². The van der Waals surface area contributed by atoms with Gasteiger partial charge in [0.25, 0.3) is 11.5 Å². The number of nitrogens with two attached hydrogens (primary N) is 1. The van der Waals surface area contributed by atoms with E-state index in [-0.39, 0.29) is 64.3 Å². The van der Waals surface area contributed by atoms with Gasteiger partial charge in [0.15, 0.2) is 28.4 Å². The van der Waals surface area contributed by atoms with Crippen LogP contribution in [0, 0.1) is 0 Å². The van der Waals surface area contributed by atoms with E-state index < -0.39 is 75.0 Å². The van der Waals surface area contributed by atoms with Crippen molar-refractivity contribution in [1.82, 2.24) is 39.8 Å². The van der Waals surface area contributed by atoms with Gasteiger partial charge in [-0.05, 0) is 36.4 Å². The Morgan fingerprint density at radius 3 is 2.39 bits per heavy atom. The van der Waals surface area contributed by atoms with Crippen molar-refractivity contribution in [2.45, 2.75) is 36.7 Å². The van der Waals surface area contributed by atoms with Gasteiger partial charge in [0.2, 0.25) is 5.95 Å². The second kappa shape index (κ2) is 14.8. The lowest BCUT2D eigenvalue weighted by Gasteiger charge is -2.36. The van der Waals surface area contributed by atoms with Crippen LogP contribution < -0.4 is 26.8 Å². The van der Waals surface area contributed by atoms with E-state index in [2.05, 4.69) is 34.9 Å². The number of nitrogens with one attached hydrogen (secondary N) is 2. The number of H-pyrrole nitrogens is 1. The number of hydrogen-bond acceptors (Lipinski definition) is 19. The summed E-state index contributed by atoms with van der Waals surface area (Å²) < 4.78 is 54.8. The molecular formula is C35H31N9O16P2. The number of benzene rings is 3. The third-order valence-electron chi connectivity index (χ3n) is 10.2. The van der Waals surface area contributed by atoms with E-state index in [1.165, 1.54) is 36.4 Å². The number of fused-ring (bicyclic) bond motifs is 7. The van der Waals surface area contributed by atoms with E-state index in [0.29, 0.717) is 16.7 Å². The summed E-state index contributed by atoms with van der Waals surface area (Å²) in [6, 6.07) is 13.0. The predicted octanol–water partition coefficient (Wildman–Crippen LogP) is -0.0338. The highest BCUT2D eigenvalue weighted by Gasteiger charge is 2.54. The van der Waals surface area contributed by atoms with E-state index >= 15 is 0 Å². The number of carbonyl (C=O) groups is 2. The van der Waals surface area contributed by atoms with Gasteiger partial charge in [-0.25, -0.2) is 23.3 Å². The van der Waals surface area contributed by atoms with Crippen LogP contribution in [0.1, 0.15) is 43.6 Å². The Morgan fingerprint density at radius 2 is 1.68 bits per heavy atom. The zero-order valence-corrected chi connectivity index (χ0v) is 33.0. The summed E-state index contributed by atoms with van der Waals surface area (Å²) in [6.45, 7) is -1.18. The van der Waals surface area contributed by atoms with Crippen molar-refractivity contribution in [3.8, 4) is 23.0 Å². The zero-order chi connectivity index (χ0) is 43.9. The number of imidazole rings is 1. The minimum absolute atomic E-state index is 0.0710. The predicted molar refractivity (Wildman–Crippen MR) is 205 cm³/mol. The smallest absolute Gasteiger partial charge is 0.479 e. The minimum atomic E-state index is -5.40. The van der Waals surface area contributed by atoms with E-state index in [4.69, 9.17) is 24.5 Å². The average Bonchev–Trinajstić information content (AvgIpc) is 3.99. The lowest BCUT2D eigenvalue weighted by Crippen LogP contribution is -2.33. The number of phenols is 2. The quantitative estimate of drug-likeness (QED) is 0.0609. The SMILES string of the molecule is Nc1nc2c(ncn2[C@@H]2O[C@H](COP(=O)(O)OP(=O)(O)c3cn(CCNC(=O)c4ccc5c(c4)C(=O)OC54c5ccc(O)cc5Oc5cc(O)ccc54)nn3)[C@@H](O)[C@H]2O)c(=O)[nH]1. The number of phenolic OH excluding ortho intramolecular Hbond substituents is 2. The van der Waals surface area contributed by atoms with Gasteiger partial charge in [-0.15, -0.1) is 5.10 Å². The molecule has 0 aliphatic carbocycles. The fourth-order valence-electron chi connectivity index (χ4n) is 7.36. The fourth-order valence-corrected chi connectivity index (χ4v) is 9.77. The number of phosphoric ester groups is 1. The van der Waals surface area contributed by atoms with Crippen molar-refractivity contribution < 1.29 is 72.0 Å². The van der Waals surface area contributed by atoms with Crippen molar-refractivity contribution in [3.05, 3.63) is 105 Å². The fraction of sp³-hybridized carbons (Fsp3) is 0.229. The summed E-state index contributed by atoms with van der Waals surface area (Å²) in [6.07, 6.45) is -4.31. The molecule has 25 nitrogen and oxygen atoms in total. The number of rotatable bonds is 11. The summed E-state index contributed by atoms with van der Waals surface area (Å²) in [5, 5.41) is 51.3. The number of amides is 1. The van der Waals surface area contributed by atoms with Gasteiger partial charge in [-0.2, -0.15) is 4.98 Å². The van der Waals surface area contributed by atoms with E-state index in [1.807, 2.05) is 0 Å². The van der Waals surface area contributed by atoms with Gasteiger partial charge in [-0.3, -0.25) is 28.2 Å². The number of carbonyl (C=O) groups excluding carboxylic acids is 2. The van der Waals surface area contributed by atoms with Gasteiger partial charge >= 0.3 is 21.4 Å². The average molecular weight is 896 g/mol. The largest absolute Gasteiger partial charge is 0.508 e. The highest BCUT2D eigenvalue weighted by molar-refractivity contribution is 7.69. The van der Waals surface area contributed by atoms with Crippen LogP contribution in [-0.2, 0) is 39.6 Å². The molecule has 3 aliphatic heterocycles. The molecule has 9 rings (SSSR count). The maximum Gasteiger partial charge on any atom is 0.479 e. The lowest BCUT2D eigenvalue weighted by atomic mass is 9.77. The third kappa shape index (κ3) is 6.96. The van der Waals surface area contributed by atoms with Crippen molar-refractivity contribution in [1.29, 1.82) is 0 Å². The molecule has 3 aromatic carbocycles. The monoisotopic (exact) mass is 895 g/mol. The van der Waals surface area contributed by atoms with Gasteiger partial charge in [0.1, 0.15) is 41.3 Å². The standard InChI is InChI=1S/C35H31N9O16P2/c36-34-39-29-26(31(50)40-34)38-14-44(29)32-28(48)27(47)24(58-32)13-56-62(54,55)60-61(52,53)25-12-43(42-41-25)8-7-37-30(49)15-1-4-19-18(9-15)33(51)59-35(19)20-5-2-16(45)10-22(20)57-23-11-17(46)3-6-21(23)35/h1-6,9-12,14,24,27-28,32,45-48H,7-8,13H2,(H,37,49)(H,52,53)(H,54,55)(H3,36,39,40,50)/t24-,27-,28-,32-/m1/s1. The Morgan fingerprint density at radius 1 is 0.984 bits per heavy atom. The highest BCUT2D eigenvalue weighted by Crippen LogP contribution is 2.59. The van der Waals surface area contributed by atoms with Crippen molar-refractivity contribution in [3.63, 3.8) is 0 Å². The maximum atomic E-state index is 13.4. The number of aromatic hydroxyl groups is 2. The molecule has 10 N–H and O–H groups in total. The Kier molecular flexibility index (Phi) is 9.77. The third-order valence-corrected chi connectivity index (χ3v) is 13.1. The molecule has 0 bridgehead atoms. The second-order valence-electron chi connectivity index (χ2n) is 14.1. The summed E-state index contributed by atoms with van der Waals surface area (Å²) >= 11 is 0. The molecule has 6 aromatic rings. The minimum Gasteiger partial charge on any atom is -0.508 e. The van der Waals surface area contributed by atoms with Crippen LogP contribution in [0.25, 0.3) is 11.2 Å². The van der Waals surface area contributed by atoms with Crippen LogP contribution in [0.5, 0.6) is 23.0 Å². The first kappa shape index (κ1) is 40.9. The number of anilines is 1. The summed E-state index contributed by atoms with van der Waals surface area (Å²) in [4.78, 5) is 69.7. The number of phosphoric acid groups is 1. The number of esters is 1. The molecule has 27 heteroatoms. The van der Waals surface area contributed by atoms with Gasteiger partial charge < -0.3 is 55.5 Å². The molecule has 6 atom stereocenters. The first-order valence-corrected chi connectivity index (χ1v) is 21.2. The highest BCUT2D eigenvalue weighted by atomic mass is 31.3. The first-order valence-electron chi connectivity index (χ1n) is 18.1. The molecule has 1 fully saturated rings. The lowest BCUT2D eigenvalue weighted by molar-refractivity contribution is -0.0501. The topological polar surface area (TPSA) is 368 Å². The molecule has 0 radical (unpaired) electrons. The van der Waals surface area contributed by atoms with E-state index in [1.54, 1.807) is 18.2 Å². The summed E-state index contributed by atoms with van der Waals surface area (Å²) in [5.41, 5.74) is 3.69. The number of aliphatic hydroxyl groups excluding tert-OH is 2. The van der Waals surface area contributed by atoms with Crippen LogP contribution in [0.2, 0.25) is 0 Å². The molecule has 3 aliphatic rings. The first-order chi connectivity index (χ1) is 29.4. The van der Waals surface area contributed by atoms with Crippen molar-refractivity contribution in [2.24, 2.45) is 0 Å². The number of aromatic amines is 1. The number of hydrogen-bond donors (Lipinski definition) is 9. The number of aromatic nitrogens is 7. The van der Waals surface area contributed by atoms with Crippen molar-refractivity contribution >= 4 is 49.8 Å². The van der Waals surface area contributed by atoms with E-state index in [9.17, 15) is 53.7 Å². The van der Waals surface area contributed by atoms with Crippen LogP contribution in [0.4, 0.5) is 5.95 Å². The summed E-state index contributed by atoms with van der Waals surface area (Å²) in [7, 11) is -10.6. The van der Waals surface area contributed by atoms with Gasteiger partial charge in [0.05, 0.1) is 31.2 Å². The van der Waals surface area contributed by atoms with Crippen molar-refractivity contribution in [2.75, 3.05) is 18.9 Å². The summed E-state index contributed by atoms with van der Waals surface area (Å²) in [5.74, 6) is -1.49. The maximum absolute atomic E-state index is 13.4. The molecule has 1 saturated heterocycles. The molecule has 62 heavy (non-hydrogen) atoms. The number of aliphatic hydroxyl groups is 2. The molecule has 6 heterocycles. The van der Waals surface area contributed by atoms with Gasteiger partial charge in [0, 0.05) is 40.9 Å². The number of nitrogens with zero attached hydrogens (tertiary/aromatic N) is 6. The number of ether oxygens (including phenoxy) is 3. The normalized spacial score (nSPS) is 21.6. The van der Waals surface area contributed by atoms with Crippen LogP contribution in [0.3, 0.4) is 0 Å². The second-order valence-corrected chi connectivity index (χ2v) is 17.4. The van der Waals surface area contributed by atoms with Crippen LogP contribution in [0.15, 0.2) is 71.9 Å². The molecular weight excluding hydrogens is 864 g/mol. The van der Waals surface area contributed by atoms with E-state index in [0.717, 1.165) is 21.8 Å². The molecule has 3 aromatic heterocycles.